The molecule has 2 aromatic carbocycles. The van der Waals surface area contributed by atoms with Crippen LogP contribution < -0.4 is 10.4 Å². The molecule has 0 bridgehead atoms. The Balaban J connectivity index is 2.20. The lowest BCUT2D eigenvalue weighted by atomic mass is 9.97. The second-order valence-electron chi connectivity index (χ2n) is 5.41. The molecule has 1 N–H and O–H groups in total. The van der Waals surface area contributed by atoms with E-state index in [2.05, 4.69) is 5.09 Å². The Morgan fingerprint density at radius 2 is 1.82 bits per heavy atom. The number of rotatable bonds is 3. The van der Waals surface area contributed by atoms with E-state index >= 15 is 0 Å². The maximum atomic E-state index is 12.8. The Kier molecular flexibility index (Phi) is 3.67. The van der Waals surface area contributed by atoms with Crippen LogP contribution in [0.3, 0.4) is 0 Å². The summed E-state index contributed by atoms with van der Waals surface area (Å²) in [7, 11) is -3.28. The zero-order chi connectivity index (χ0) is 15.9. The monoisotopic (exact) mass is 315 g/mol. The van der Waals surface area contributed by atoms with E-state index in [1.54, 1.807) is 13.0 Å². The van der Waals surface area contributed by atoms with Gasteiger partial charge in [-0.1, -0.05) is 30.3 Å². The summed E-state index contributed by atoms with van der Waals surface area (Å²) in [6.45, 7) is 5.95. The third kappa shape index (κ3) is 2.29. The fourth-order valence-corrected chi connectivity index (χ4v) is 4.99. The van der Waals surface area contributed by atoms with Gasteiger partial charge in [-0.05, 0) is 49.1 Å². The summed E-state index contributed by atoms with van der Waals surface area (Å²) in [6.07, 6.45) is 0. The summed E-state index contributed by atoms with van der Waals surface area (Å²) >= 11 is 0. The fourth-order valence-electron chi connectivity index (χ4n) is 2.92. The van der Waals surface area contributed by atoms with Crippen LogP contribution in [-0.2, 0) is 9.09 Å². The highest BCUT2D eigenvalue weighted by atomic mass is 31.2. The van der Waals surface area contributed by atoms with E-state index in [1.807, 2.05) is 44.2 Å². The van der Waals surface area contributed by atoms with E-state index in [4.69, 9.17) is 4.52 Å². The summed E-state index contributed by atoms with van der Waals surface area (Å²) in [5.41, 5.74) is 4.42. The van der Waals surface area contributed by atoms with Crippen molar-refractivity contribution < 1.29 is 13.9 Å². The molecular weight excluding hydrogens is 297 g/mol. The first-order chi connectivity index (χ1) is 10.5. The van der Waals surface area contributed by atoms with Gasteiger partial charge in [0.25, 0.3) is 5.91 Å². The summed E-state index contributed by atoms with van der Waals surface area (Å²) in [5, 5.41) is 3.04. The molecule has 1 atom stereocenters. The zero-order valence-corrected chi connectivity index (χ0v) is 13.7. The van der Waals surface area contributed by atoms with Gasteiger partial charge >= 0.3 is 7.52 Å². The molecule has 1 aliphatic rings. The number of fused-ring (bicyclic) bond motifs is 1. The smallest absolute Gasteiger partial charge is 0.310 e. The molecule has 0 saturated carbocycles. The van der Waals surface area contributed by atoms with Crippen LogP contribution >= 0.6 is 7.52 Å². The Morgan fingerprint density at radius 1 is 1.09 bits per heavy atom. The van der Waals surface area contributed by atoms with Gasteiger partial charge in [-0.2, -0.15) is 0 Å². The number of aryl methyl sites for hydroxylation is 2. The zero-order valence-electron chi connectivity index (χ0n) is 12.8. The van der Waals surface area contributed by atoms with Gasteiger partial charge in [0.2, 0.25) is 0 Å². The van der Waals surface area contributed by atoms with E-state index in [1.165, 1.54) is 0 Å². The summed E-state index contributed by atoms with van der Waals surface area (Å²) in [5.74, 6) is -0.328. The van der Waals surface area contributed by atoms with Crippen molar-refractivity contribution in [1.82, 2.24) is 5.09 Å². The van der Waals surface area contributed by atoms with E-state index in [-0.39, 0.29) is 12.5 Å². The number of amides is 1. The van der Waals surface area contributed by atoms with Gasteiger partial charge in [0.15, 0.2) is 0 Å². The molecule has 2 aromatic rings. The number of hydrogen-bond acceptors (Lipinski definition) is 3. The molecule has 114 valence electrons. The summed E-state index contributed by atoms with van der Waals surface area (Å²) in [6, 6.07) is 11.8. The molecule has 22 heavy (non-hydrogen) atoms. The van der Waals surface area contributed by atoms with Crippen molar-refractivity contribution in [2.45, 2.75) is 20.8 Å². The van der Waals surface area contributed by atoms with Crippen molar-refractivity contribution in [2.75, 3.05) is 6.61 Å². The van der Waals surface area contributed by atoms with E-state index in [9.17, 15) is 9.36 Å². The molecule has 1 aliphatic heterocycles. The van der Waals surface area contributed by atoms with Crippen LogP contribution in [0.25, 0.3) is 11.1 Å². The summed E-state index contributed by atoms with van der Waals surface area (Å²) in [4.78, 5) is 12.2. The van der Waals surface area contributed by atoms with Gasteiger partial charge in [-0.25, -0.2) is 0 Å². The lowest BCUT2D eigenvalue weighted by molar-refractivity contribution is 0.0982. The van der Waals surface area contributed by atoms with Crippen LogP contribution in [0.15, 0.2) is 36.4 Å². The van der Waals surface area contributed by atoms with Crippen LogP contribution in [-0.4, -0.2) is 12.5 Å². The Bertz CT molecular complexity index is 814. The lowest BCUT2D eigenvalue weighted by Crippen LogP contribution is -2.15. The van der Waals surface area contributed by atoms with Crippen LogP contribution in [0.1, 0.15) is 28.4 Å². The minimum absolute atomic E-state index is 0.288. The highest BCUT2D eigenvalue weighted by Gasteiger charge is 2.41. The molecule has 0 aliphatic carbocycles. The van der Waals surface area contributed by atoms with Crippen LogP contribution in [0.5, 0.6) is 0 Å². The van der Waals surface area contributed by atoms with Crippen molar-refractivity contribution >= 4 is 18.7 Å². The molecule has 0 fully saturated rings. The van der Waals surface area contributed by atoms with Crippen molar-refractivity contribution in [3.05, 3.63) is 53.1 Å². The van der Waals surface area contributed by atoms with Crippen LogP contribution in [0, 0.1) is 13.8 Å². The SMILES string of the molecule is CCOP1(=O)NC(=O)c2cc(-c3ccccc3C)cc(C)c21. The highest BCUT2D eigenvalue weighted by Crippen LogP contribution is 2.48. The number of carbonyl (C=O) groups excluding carboxylic acids is 1. The normalized spacial score (nSPS) is 19.9. The third-order valence-corrected chi connectivity index (χ3v) is 6.16. The second-order valence-corrected chi connectivity index (χ2v) is 7.45. The Hall–Kier alpha value is -1.90. The van der Waals surface area contributed by atoms with Gasteiger partial charge in [-0.3, -0.25) is 14.4 Å². The maximum Gasteiger partial charge on any atom is 0.327 e. The number of benzene rings is 2. The molecule has 3 rings (SSSR count). The average molecular weight is 315 g/mol. The molecular formula is C17H18NO3P. The maximum absolute atomic E-state index is 12.8. The van der Waals surface area contributed by atoms with Crippen molar-refractivity contribution in [1.29, 1.82) is 0 Å². The molecule has 0 aromatic heterocycles. The molecule has 1 heterocycles. The highest BCUT2D eigenvalue weighted by molar-refractivity contribution is 7.67. The molecule has 5 heteroatoms. The van der Waals surface area contributed by atoms with Crippen molar-refractivity contribution in [3.63, 3.8) is 0 Å². The van der Waals surface area contributed by atoms with Gasteiger partial charge in [0.05, 0.1) is 17.5 Å². The molecule has 0 saturated heterocycles. The quantitative estimate of drug-likeness (QED) is 0.881. The van der Waals surface area contributed by atoms with Crippen molar-refractivity contribution in [3.8, 4) is 11.1 Å². The van der Waals surface area contributed by atoms with E-state index in [0.29, 0.717) is 10.9 Å². The second kappa shape index (κ2) is 5.38. The first-order valence-electron chi connectivity index (χ1n) is 7.24. The Labute approximate surface area is 130 Å². The topological polar surface area (TPSA) is 55.4 Å². The number of carbonyl (C=O) groups is 1. The summed E-state index contributed by atoms with van der Waals surface area (Å²) < 4.78 is 18.2. The Morgan fingerprint density at radius 3 is 2.50 bits per heavy atom. The largest absolute Gasteiger partial charge is 0.327 e. The average Bonchev–Trinajstić information content (AvgIpc) is 2.71. The molecule has 4 nitrogen and oxygen atoms in total. The van der Waals surface area contributed by atoms with Crippen LogP contribution in [0.4, 0.5) is 0 Å². The first kappa shape index (κ1) is 15.0. The minimum atomic E-state index is -3.28. The predicted molar refractivity (Wildman–Crippen MR) is 87.7 cm³/mol. The standard InChI is InChI=1S/C17H18NO3P/c1-4-21-22(20)16-12(3)9-13(10-15(16)17(19)18-22)14-8-6-5-7-11(14)2/h5-10H,4H2,1-3H3,(H,18,19,20). The minimum Gasteiger partial charge on any atom is -0.310 e. The van der Waals surface area contributed by atoms with Crippen molar-refractivity contribution in [2.24, 2.45) is 0 Å². The van der Waals surface area contributed by atoms with E-state index in [0.717, 1.165) is 22.3 Å². The third-order valence-electron chi connectivity index (χ3n) is 3.86. The number of nitrogens with one attached hydrogen (secondary N) is 1. The predicted octanol–water partition coefficient (Wildman–Crippen LogP) is 3.57. The molecule has 1 unspecified atom stereocenters. The lowest BCUT2D eigenvalue weighted by Gasteiger charge is -2.15. The molecule has 1 amide bonds. The van der Waals surface area contributed by atoms with Crippen LogP contribution in [0.2, 0.25) is 0 Å². The first-order valence-corrected chi connectivity index (χ1v) is 8.87. The molecule has 0 spiro atoms. The van der Waals surface area contributed by atoms with Gasteiger partial charge in [-0.15, -0.1) is 0 Å². The molecule has 0 radical (unpaired) electrons. The van der Waals surface area contributed by atoms with Gasteiger partial charge < -0.3 is 4.52 Å². The van der Waals surface area contributed by atoms with Gasteiger partial charge in [0, 0.05) is 0 Å². The fraction of sp³-hybridized carbons (Fsp3) is 0.235. The van der Waals surface area contributed by atoms with Gasteiger partial charge in [0.1, 0.15) is 0 Å². The number of hydrogen-bond donors (Lipinski definition) is 1. The van der Waals surface area contributed by atoms with E-state index < -0.39 is 7.52 Å².